The molecule has 1 aromatic carbocycles. The van der Waals surface area contributed by atoms with Crippen molar-refractivity contribution >= 4 is 11.6 Å². The van der Waals surface area contributed by atoms with Gasteiger partial charge in [-0.05, 0) is 74.7 Å². The number of hydrogen-bond acceptors (Lipinski definition) is 3. The Balaban J connectivity index is 1.44. The lowest BCUT2D eigenvalue weighted by molar-refractivity contribution is -0.384. The SMILES string of the molecule is CC(NC(=O)c1cccc([N+](=O)[O-])c1)C1CC2CC3CC2CC1C3. The number of rotatable bonds is 4. The van der Waals surface area contributed by atoms with Crippen LogP contribution in [-0.4, -0.2) is 16.9 Å². The Morgan fingerprint density at radius 1 is 1.17 bits per heavy atom. The lowest BCUT2D eigenvalue weighted by Gasteiger charge is -2.43. The molecule has 3 bridgehead atoms. The maximum atomic E-state index is 12.5. The molecule has 24 heavy (non-hydrogen) atoms. The topological polar surface area (TPSA) is 72.2 Å². The van der Waals surface area contributed by atoms with E-state index < -0.39 is 4.92 Å². The summed E-state index contributed by atoms with van der Waals surface area (Å²) in [4.78, 5) is 22.9. The molecule has 3 aliphatic carbocycles. The van der Waals surface area contributed by atoms with Gasteiger partial charge in [-0.1, -0.05) is 6.07 Å². The van der Waals surface area contributed by atoms with Crippen molar-refractivity contribution in [3.63, 3.8) is 0 Å². The molecule has 1 amide bonds. The van der Waals surface area contributed by atoms with Crippen molar-refractivity contribution < 1.29 is 9.72 Å². The number of fused-ring (bicyclic) bond motifs is 2. The molecule has 1 aromatic rings. The molecule has 0 aromatic heterocycles. The van der Waals surface area contributed by atoms with E-state index in [9.17, 15) is 14.9 Å². The quantitative estimate of drug-likeness (QED) is 0.675. The van der Waals surface area contributed by atoms with Crippen LogP contribution in [0.4, 0.5) is 5.69 Å². The average Bonchev–Trinajstić information content (AvgIpc) is 2.76. The first-order valence-corrected chi connectivity index (χ1v) is 9.06. The number of carbonyl (C=O) groups excluding carboxylic acids is 1. The van der Waals surface area contributed by atoms with Gasteiger partial charge in [0.15, 0.2) is 0 Å². The van der Waals surface area contributed by atoms with Gasteiger partial charge in [0.25, 0.3) is 11.6 Å². The van der Waals surface area contributed by atoms with Crippen molar-refractivity contribution in [1.29, 1.82) is 0 Å². The van der Waals surface area contributed by atoms with E-state index in [0.29, 0.717) is 11.5 Å². The number of non-ortho nitro benzene ring substituents is 1. The highest BCUT2D eigenvalue weighted by molar-refractivity contribution is 5.95. The lowest BCUT2D eigenvalue weighted by atomic mass is 9.65. The smallest absolute Gasteiger partial charge is 0.270 e. The summed E-state index contributed by atoms with van der Waals surface area (Å²) in [6.45, 7) is 2.10. The van der Waals surface area contributed by atoms with Gasteiger partial charge in [-0.25, -0.2) is 0 Å². The fraction of sp³-hybridized carbons (Fsp3) is 0.632. The number of hydrogen-bond donors (Lipinski definition) is 1. The molecule has 3 aliphatic rings. The molecule has 0 radical (unpaired) electrons. The monoisotopic (exact) mass is 328 g/mol. The van der Waals surface area contributed by atoms with Crippen LogP contribution in [0.2, 0.25) is 0 Å². The first-order chi connectivity index (χ1) is 11.5. The molecule has 5 nitrogen and oxygen atoms in total. The van der Waals surface area contributed by atoms with E-state index in [0.717, 1.165) is 23.7 Å². The fourth-order valence-corrected chi connectivity index (χ4v) is 5.68. The number of nitro groups is 1. The lowest BCUT2D eigenvalue weighted by Crippen LogP contribution is -2.45. The van der Waals surface area contributed by atoms with Gasteiger partial charge in [-0.15, -0.1) is 0 Å². The molecular formula is C19H24N2O3. The molecule has 6 atom stereocenters. The molecule has 3 saturated carbocycles. The number of nitrogens with zero attached hydrogens (tertiary/aromatic N) is 1. The Labute approximate surface area is 142 Å². The normalized spacial score (nSPS) is 34.8. The van der Waals surface area contributed by atoms with E-state index in [1.165, 1.54) is 44.2 Å². The summed E-state index contributed by atoms with van der Waals surface area (Å²) in [5.41, 5.74) is 0.335. The van der Waals surface area contributed by atoms with Gasteiger partial charge in [-0.2, -0.15) is 0 Å². The van der Waals surface area contributed by atoms with E-state index in [1.807, 2.05) is 0 Å². The maximum Gasteiger partial charge on any atom is 0.270 e. The summed E-state index contributed by atoms with van der Waals surface area (Å²) < 4.78 is 0. The number of nitro benzene ring substituents is 1. The molecule has 1 N–H and O–H groups in total. The third-order valence-corrected chi connectivity index (χ3v) is 6.68. The zero-order valence-electron chi connectivity index (χ0n) is 14.0. The first kappa shape index (κ1) is 15.6. The van der Waals surface area contributed by atoms with Gasteiger partial charge < -0.3 is 5.32 Å². The van der Waals surface area contributed by atoms with Gasteiger partial charge in [0.1, 0.15) is 0 Å². The summed E-state index contributed by atoms with van der Waals surface area (Å²) in [5.74, 6) is 3.81. The Hall–Kier alpha value is -1.91. The predicted octanol–water partition coefficient (Wildman–Crippen LogP) is 3.79. The van der Waals surface area contributed by atoms with Crippen LogP contribution in [0.25, 0.3) is 0 Å². The van der Waals surface area contributed by atoms with Crippen molar-refractivity contribution in [2.45, 2.75) is 45.1 Å². The van der Waals surface area contributed by atoms with Crippen LogP contribution in [-0.2, 0) is 0 Å². The van der Waals surface area contributed by atoms with E-state index in [1.54, 1.807) is 12.1 Å². The molecule has 3 fully saturated rings. The maximum absolute atomic E-state index is 12.5. The van der Waals surface area contributed by atoms with Crippen molar-refractivity contribution in [3.05, 3.63) is 39.9 Å². The molecule has 4 rings (SSSR count). The Bertz CT molecular complexity index is 672. The average molecular weight is 328 g/mol. The molecule has 0 heterocycles. The van der Waals surface area contributed by atoms with Crippen LogP contribution in [0.15, 0.2) is 24.3 Å². The van der Waals surface area contributed by atoms with Crippen LogP contribution in [0.1, 0.15) is 49.4 Å². The summed E-state index contributed by atoms with van der Waals surface area (Å²) in [6, 6.07) is 6.11. The molecule has 6 unspecified atom stereocenters. The van der Waals surface area contributed by atoms with Gasteiger partial charge in [-0.3, -0.25) is 14.9 Å². The molecule has 5 heteroatoms. The summed E-state index contributed by atoms with van der Waals surface area (Å²) in [5, 5.41) is 14.0. The van der Waals surface area contributed by atoms with E-state index in [4.69, 9.17) is 0 Å². The fourth-order valence-electron chi connectivity index (χ4n) is 5.68. The van der Waals surface area contributed by atoms with Crippen LogP contribution in [0, 0.1) is 39.7 Å². The van der Waals surface area contributed by atoms with Crippen LogP contribution < -0.4 is 5.32 Å². The highest BCUT2D eigenvalue weighted by Gasteiger charge is 2.49. The van der Waals surface area contributed by atoms with Gasteiger partial charge in [0, 0.05) is 23.7 Å². The number of amides is 1. The molecule has 128 valence electrons. The molecule has 0 aliphatic heterocycles. The van der Waals surface area contributed by atoms with Gasteiger partial charge >= 0.3 is 0 Å². The van der Waals surface area contributed by atoms with Crippen molar-refractivity contribution in [3.8, 4) is 0 Å². The largest absolute Gasteiger partial charge is 0.349 e. The van der Waals surface area contributed by atoms with Crippen molar-refractivity contribution in [2.75, 3.05) is 0 Å². The third-order valence-electron chi connectivity index (χ3n) is 6.68. The van der Waals surface area contributed by atoms with E-state index in [-0.39, 0.29) is 17.6 Å². The number of benzene rings is 1. The highest BCUT2D eigenvalue weighted by atomic mass is 16.6. The Kier molecular flexibility index (Phi) is 3.82. The molecule has 0 spiro atoms. The Morgan fingerprint density at radius 3 is 2.62 bits per heavy atom. The minimum absolute atomic E-state index is 0.0380. The van der Waals surface area contributed by atoms with Crippen LogP contribution in [0.5, 0.6) is 0 Å². The zero-order chi connectivity index (χ0) is 16.8. The zero-order valence-corrected chi connectivity index (χ0v) is 14.0. The molecular weight excluding hydrogens is 304 g/mol. The van der Waals surface area contributed by atoms with Crippen molar-refractivity contribution in [2.24, 2.45) is 29.6 Å². The summed E-state index contributed by atoms with van der Waals surface area (Å²) in [7, 11) is 0. The van der Waals surface area contributed by atoms with E-state index in [2.05, 4.69) is 12.2 Å². The predicted molar refractivity (Wildman–Crippen MR) is 90.6 cm³/mol. The number of carbonyl (C=O) groups is 1. The second-order valence-electron chi connectivity index (χ2n) is 8.06. The highest BCUT2D eigenvalue weighted by Crippen LogP contribution is 2.57. The number of nitrogens with one attached hydrogen (secondary N) is 1. The summed E-state index contributed by atoms with van der Waals surface area (Å²) in [6.07, 6.45) is 6.73. The minimum Gasteiger partial charge on any atom is -0.349 e. The first-order valence-electron chi connectivity index (χ1n) is 9.06. The molecule has 0 saturated heterocycles. The Morgan fingerprint density at radius 2 is 1.88 bits per heavy atom. The second-order valence-corrected chi connectivity index (χ2v) is 8.06. The standard InChI is InChI=1S/C19H24N2O3/c1-11(18-10-15-6-12-5-14(15)8-16(18)7-12)20-19(22)13-3-2-4-17(9-13)21(23)24/h2-4,9,11-12,14-16,18H,5-8,10H2,1H3,(H,20,22). The van der Waals surface area contributed by atoms with Crippen molar-refractivity contribution in [1.82, 2.24) is 5.32 Å². The third kappa shape index (κ3) is 2.70. The minimum atomic E-state index is -0.462. The van der Waals surface area contributed by atoms with E-state index >= 15 is 0 Å². The second kappa shape index (κ2) is 5.87. The van der Waals surface area contributed by atoms with Crippen LogP contribution >= 0.6 is 0 Å². The van der Waals surface area contributed by atoms with Gasteiger partial charge in [0.05, 0.1) is 4.92 Å². The van der Waals surface area contributed by atoms with Gasteiger partial charge in [0.2, 0.25) is 0 Å². The van der Waals surface area contributed by atoms with Crippen LogP contribution in [0.3, 0.4) is 0 Å². The summed E-state index contributed by atoms with van der Waals surface area (Å²) >= 11 is 0.